The number of benzene rings is 2. The summed E-state index contributed by atoms with van der Waals surface area (Å²) < 4.78 is 71.6. The fourth-order valence-corrected chi connectivity index (χ4v) is 3.71. The van der Waals surface area contributed by atoms with E-state index in [4.69, 9.17) is 16.3 Å². The topological polar surface area (TPSA) is 114 Å². The number of hydrogen-bond acceptors (Lipinski definition) is 5. The van der Waals surface area contributed by atoms with Crippen LogP contribution < -0.4 is 20.7 Å². The quantitative estimate of drug-likeness (QED) is 0.224. The minimum atomic E-state index is -4.74. The van der Waals surface area contributed by atoms with Crippen LogP contribution >= 0.6 is 11.6 Å². The van der Waals surface area contributed by atoms with Crippen molar-refractivity contribution < 1.29 is 45.9 Å². The van der Waals surface area contributed by atoms with Crippen LogP contribution in [0.3, 0.4) is 0 Å². The molecule has 0 fully saturated rings. The normalized spacial score (nSPS) is 13.2. The molecule has 0 aliphatic rings. The Morgan fingerprint density at radius 1 is 0.927 bits per heavy atom. The molecule has 224 valence electrons. The lowest BCUT2D eigenvalue weighted by molar-refractivity contribution is -0.162. The number of rotatable bonds is 14. The molecule has 2 aromatic carbocycles. The molecule has 3 amide bonds. The number of carbonyl (C=O) groups excluding carboxylic acids is 4. The molecule has 8 nitrogen and oxygen atoms in total. The number of carbonyl (C=O) groups is 4. The van der Waals surface area contributed by atoms with E-state index < -0.39 is 73.2 Å². The van der Waals surface area contributed by atoms with Gasteiger partial charge in [-0.25, -0.2) is 0 Å². The summed E-state index contributed by atoms with van der Waals surface area (Å²) in [6, 6.07) is 11.3. The van der Waals surface area contributed by atoms with Gasteiger partial charge in [0.15, 0.2) is 6.61 Å². The Labute approximate surface area is 238 Å². The van der Waals surface area contributed by atoms with Crippen molar-refractivity contribution in [2.45, 2.75) is 50.9 Å². The highest BCUT2D eigenvalue weighted by atomic mass is 35.5. The van der Waals surface area contributed by atoms with E-state index in [2.05, 4.69) is 10.6 Å². The first kappa shape index (κ1) is 33.5. The van der Waals surface area contributed by atoms with Gasteiger partial charge in [-0.1, -0.05) is 61.8 Å². The average molecular weight is 606 g/mol. The number of halogens is 6. The van der Waals surface area contributed by atoms with Crippen molar-refractivity contribution in [1.29, 1.82) is 0 Å². The lowest BCUT2D eigenvalue weighted by Gasteiger charge is -2.27. The monoisotopic (exact) mass is 605 g/mol. The molecule has 3 N–H and O–H groups in total. The van der Waals surface area contributed by atoms with E-state index in [1.165, 1.54) is 25.2 Å². The molecular weight excluding hydrogens is 577 g/mol. The zero-order valence-electron chi connectivity index (χ0n) is 22.1. The second kappa shape index (κ2) is 14.8. The van der Waals surface area contributed by atoms with Gasteiger partial charge in [0, 0.05) is 18.0 Å². The number of hydrogen-bond donors (Lipinski definition) is 3. The zero-order chi connectivity index (χ0) is 30.8. The molecule has 0 saturated heterocycles. The maximum absolute atomic E-state index is 14.6. The minimum absolute atomic E-state index is 0.0943. The Bertz CT molecular complexity index is 1210. The van der Waals surface area contributed by atoms with Crippen molar-refractivity contribution in [3.05, 3.63) is 65.2 Å². The van der Waals surface area contributed by atoms with Crippen molar-refractivity contribution in [3.8, 4) is 5.75 Å². The molecular formula is C27H29ClF5N3O5. The lowest BCUT2D eigenvalue weighted by atomic mass is 9.94. The number of ether oxygens (including phenoxy) is 1. The standard InChI is InChI=1S/C27H29ClF5N3O5/c1-16(2)22(23(38)27(32,33)25(40)34-12-11-26(29,30)31)36-24(39)20(13-17-7-4-3-5-8-17)35-21(37)15-41-19-10-6-9-18(28)14-19/h3-10,14,16,20,22H,11-13,15H2,1-2H3,(H,34,40)(H,35,37)(H,36,39). The number of amides is 3. The van der Waals surface area contributed by atoms with Crippen LogP contribution in [-0.4, -0.2) is 60.8 Å². The predicted octanol–water partition coefficient (Wildman–Crippen LogP) is 3.86. The van der Waals surface area contributed by atoms with Crippen LogP contribution in [-0.2, 0) is 25.6 Å². The second-order valence-electron chi connectivity index (χ2n) is 9.35. The fourth-order valence-electron chi connectivity index (χ4n) is 3.53. The maximum Gasteiger partial charge on any atom is 0.390 e. The summed E-state index contributed by atoms with van der Waals surface area (Å²) in [6.45, 7) is 0.960. The average Bonchev–Trinajstić information content (AvgIpc) is 2.89. The molecule has 0 aliphatic carbocycles. The van der Waals surface area contributed by atoms with E-state index >= 15 is 0 Å². The first-order valence-electron chi connectivity index (χ1n) is 12.4. The highest BCUT2D eigenvalue weighted by Crippen LogP contribution is 2.22. The van der Waals surface area contributed by atoms with Crippen LogP contribution in [0.1, 0.15) is 25.8 Å². The van der Waals surface area contributed by atoms with Gasteiger partial charge < -0.3 is 20.7 Å². The molecule has 0 spiro atoms. The molecule has 0 aromatic heterocycles. The minimum Gasteiger partial charge on any atom is -0.484 e. The van der Waals surface area contributed by atoms with E-state index in [0.29, 0.717) is 10.6 Å². The first-order valence-corrected chi connectivity index (χ1v) is 12.8. The maximum atomic E-state index is 14.6. The lowest BCUT2D eigenvalue weighted by Crippen LogP contribution is -2.59. The summed E-state index contributed by atoms with van der Waals surface area (Å²) in [6.07, 6.45) is -6.38. The molecule has 41 heavy (non-hydrogen) atoms. The largest absolute Gasteiger partial charge is 0.484 e. The molecule has 0 aliphatic heterocycles. The second-order valence-corrected chi connectivity index (χ2v) is 9.78. The zero-order valence-corrected chi connectivity index (χ0v) is 22.8. The van der Waals surface area contributed by atoms with Gasteiger partial charge in [-0.15, -0.1) is 0 Å². The van der Waals surface area contributed by atoms with Crippen molar-refractivity contribution in [1.82, 2.24) is 16.0 Å². The van der Waals surface area contributed by atoms with Gasteiger partial charge in [-0.3, -0.25) is 19.2 Å². The first-order chi connectivity index (χ1) is 19.1. The third-order valence-corrected chi connectivity index (χ3v) is 5.87. The molecule has 14 heteroatoms. The van der Waals surface area contributed by atoms with Crippen molar-refractivity contribution in [2.75, 3.05) is 13.2 Å². The van der Waals surface area contributed by atoms with Gasteiger partial charge >= 0.3 is 12.1 Å². The molecule has 0 heterocycles. The SMILES string of the molecule is CC(C)C(NC(=O)C(Cc1ccccc1)NC(=O)COc1cccc(Cl)c1)C(=O)C(F)(F)C(=O)NCCC(F)(F)F. The van der Waals surface area contributed by atoms with Crippen LogP contribution in [0.25, 0.3) is 0 Å². The number of alkyl halides is 5. The van der Waals surface area contributed by atoms with Gasteiger partial charge in [0.1, 0.15) is 11.8 Å². The fraction of sp³-hybridized carbons (Fsp3) is 0.407. The Hall–Kier alpha value is -3.74. The summed E-state index contributed by atoms with van der Waals surface area (Å²) in [7, 11) is 0. The van der Waals surface area contributed by atoms with Crippen LogP contribution in [0.15, 0.2) is 54.6 Å². The Kier molecular flexibility index (Phi) is 12.1. The highest BCUT2D eigenvalue weighted by Gasteiger charge is 2.51. The Morgan fingerprint density at radius 3 is 2.17 bits per heavy atom. The predicted molar refractivity (Wildman–Crippen MR) is 139 cm³/mol. The highest BCUT2D eigenvalue weighted by molar-refractivity contribution is 6.30. The van der Waals surface area contributed by atoms with E-state index in [1.807, 2.05) is 0 Å². The molecule has 2 aromatic rings. The van der Waals surface area contributed by atoms with Crippen molar-refractivity contribution >= 4 is 35.1 Å². The molecule has 2 atom stereocenters. The van der Waals surface area contributed by atoms with Crippen molar-refractivity contribution in [3.63, 3.8) is 0 Å². The summed E-state index contributed by atoms with van der Waals surface area (Å²) in [5, 5.41) is 6.37. The van der Waals surface area contributed by atoms with Gasteiger partial charge in [-0.2, -0.15) is 22.0 Å². The number of nitrogens with one attached hydrogen (secondary N) is 3. The molecule has 0 bridgehead atoms. The van der Waals surface area contributed by atoms with Crippen LogP contribution in [0, 0.1) is 5.92 Å². The third kappa shape index (κ3) is 11.0. The van der Waals surface area contributed by atoms with Gasteiger partial charge in [-0.05, 0) is 29.7 Å². The molecule has 2 rings (SSSR count). The third-order valence-electron chi connectivity index (χ3n) is 5.64. The van der Waals surface area contributed by atoms with Gasteiger partial charge in [0.2, 0.25) is 11.7 Å². The van der Waals surface area contributed by atoms with Crippen LogP contribution in [0.2, 0.25) is 5.02 Å². The summed E-state index contributed by atoms with van der Waals surface area (Å²) in [5.41, 5.74) is 0.588. The molecule has 0 radical (unpaired) electrons. The Balaban J connectivity index is 2.16. The summed E-state index contributed by atoms with van der Waals surface area (Å²) >= 11 is 5.89. The summed E-state index contributed by atoms with van der Waals surface area (Å²) in [4.78, 5) is 50.4. The molecule has 2 unspecified atom stereocenters. The summed E-state index contributed by atoms with van der Waals surface area (Å²) in [5.74, 6) is -11.4. The molecule has 0 saturated carbocycles. The van der Waals surface area contributed by atoms with E-state index in [0.717, 1.165) is 0 Å². The van der Waals surface area contributed by atoms with Crippen LogP contribution in [0.5, 0.6) is 5.75 Å². The van der Waals surface area contributed by atoms with E-state index in [-0.39, 0.29) is 12.2 Å². The van der Waals surface area contributed by atoms with Crippen LogP contribution in [0.4, 0.5) is 22.0 Å². The van der Waals surface area contributed by atoms with Crippen molar-refractivity contribution in [2.24, 2.45) is 5.92 Å². The van der Waals surface area contributed by atoms with Gasteiger partial charge in [0.25, 0.3) is 11.8 Å². The number of Topliss-reactive ketones (excluding diaryl/α,β-unsaturated/α-hetero) is 1. The van der Waals surface area contributed by atoms with E-state index in [9.17, 15) is 41.1 Å². The van der Waals surface area contributed by atoms with E-state index in [1.54, 1.807) is 48.5 Å². The number of ketones is 1. The van der Waals surface area contributed by atoms with Gasteiger partial charge in [0.05, 0.1) is 12.5 Å². The smallest absolute Gasteiger partial charge is 0.390 e. The Morgan fingerprint density at radius 2 is 1.59 bits per heavy atom.